The summed E-state index contributed by atoms with van der Waals surface area (Å²) in [4.78, 5) is 0. The number of hydrogen-bond acceptors (Lipinski definition) is 2. The van der Waals surface area contributed by atoms with Crippen molar-refractivity contribution in [3.8, 4) is 5.75 Å². The molecule has 0 spiro atoms. The zero-order chi connectivity index (χ0) is 13.0. The van der Waals surface area contributed by atoms with E-state index in [1.807, 2.05) is 36.4 Å². The van der Waals surface area contributed by atoms with Crippen LogP contribution in [0.3, 0.4) is 0 Å². The monoisotopic (exact) mass is 241 g/mol. The smallest absolute Gasteiger partial charge is 0.123 e. The van der Waals surface area contributed by atoms with Crippen LogP contribution in [0, 0.1) is 0 Å². The van der Waals surface area contributed by atoms with Gasteiger partial charge < -0.3 is 10.4 Å². The van der Waals surface area contributed by atoms with E-state index in [1.165, 1.54) is 0 Å². The van der Waals surface area contributed by atoms with Crippen LogP contribution >= 0.6 is 0 Å². The quantitative estimate of drug-likeness (QED) is 0.764. The molecule has 2 rings (SSSR count). The molecule has 0 aliphatic heterocycles. The van der Waals surface area contributed by atoms with Gasteiger partial charge in [0.2, 0.25) is 0 Å². The molecule has 0 amide bonds. The fourth-order valence-corrected chi connectivity index (χ4v) is 2.12. The fraction of sp³-hybridized carbons (Fsp3) is 0.250. The molecule has 18 heavy (non-hydrogen) atoms. The van der Waals surface area contributed by atoms with Gasteiger partial charge in [0, 0.05) is 22.5 Å². The predicted octanol–water partition coefficient (Wildman–Crippen LogP) is 4.31. The van der Waals surface area contributed by atoms with Crippen LogP contribution in [0.4, 0.5) is 5.69 Å². The Hall–Kier alpha value is -1.96. The second kappa shape index (κ2) is 5.58. The molecular formula is C16H19NO. The molecule has 1 atom stereocenters. The minimum absolute atomic E-state index is 0.329. The molecule has 0 bridgehead atoms. The number of rotatable bonds is 5. The van der Waals surface area contributed by atoms with Crippen LogP contribution < -0.4 is 5.32 Å². The fourth-order valence-electron chi connectivity index (χ4n) is 2.12. The predicted molar refractivity (Wildman–Crippen MR) is 78.1 cm³/mol. The van der Waals surface area contributed by atoms with Crippen molar-refractivity contribution in [2.24, 2.45) is 0 Å². The van der Waals surface area contributed by atoms with Gasteiger partial charge in [0.05, 0.1) is 0 Å². The Morgan fingerprint density at radius 3 is 2.72 bits per heavy atom. The summed E-state index contributed by atoms with van der Waals surface area (Å²) in [7, 11) is 0. The maximum atomic E-state index is 9.83. The van der Waals surface area contributed by atoms with Crippen molar-refractivity contribution in [3.05, 3.63) is 49.1 Å². The van der Waals surface area contributed by atoms with Gasteiger partial charge >= 0.3 is 0 Å². The summed E-state index contributed by atoms with van der Waals surface area (Å²) in [6.07, 6.45) is 4.00. The molecule has 0 aromatic heterocycles. The Morgan fingerprint density at radius 2 is 1.94 bits per heavy atom. The van der Waals surface area contributed by atoms with E-state index in [-0.39, 0.29) is 0 Å². The molecule has 0 radical (unpaired) electrons. The normalized spacial score (nSPS) is 12.3. The summed E-state index contributed by atoms with van der Waals surface area (Å²) in [5.74, 6) is 0.329. The number of fused-ring (bicyclic) bond motifs is 1. The van der Waals surface area contributed by atoms with Crippen LogP contribution in [0.1, 0.15) is 19.8 Å². The number of hydrogen-bond donors (Lipinski definition) is 2. The van der Waals surface area contributed by atoms with E-state index in [2.05, 4.69) is 18.8 Å². The van der Waals surface area contributed by atoms with Crippen molar-refractivity contribution in [1.82, 2.24) is 0 Å². The maximum Gasteiger partial charge on any atom is 0.123 e. The second-order valence-electron chi connectivity index (χ2n) is 4.59. The molecule has 0 saturated carbocycles. The van der Waals surface area contributed by atoms with Gasteiger partial charge in [0.15, 0.2) is 0 Å². The summed E-state index contributed by atoms with van der Waals surface area (Å²) in [5, 5.41) is 15.3. The minimum atomic E-state index is 0.329. The summed E-state index contributed by atoms with van der Waals surface area (Å²) < 4.78 is 0. The first-order chi connectivity index (χ1) is 8.72. The van der Waals surface area contributed by atoms with Crippen LogP contribution in [0.25, 0.3) is 10.8 Å². The van der Waals surface area contributed by atoms with E-state index in [4.69, 9.17) is 0 Å². The van der Waals surface area contributed by atoms with E-state index in [0.717, 1.165) is 29.3 Å². The third-order valence-corrected chi connectivity index (χ3v) is 3.10. The molecule has 2 aromatic carbocycles. The molecule has 1 unspecified atom stereocenters. The molecule has 94 valence electrons. The van der Waals surface area contributed by atoms with Gasteiger partial charge in [-0.1, -0.05) is 30.3 Å². The third kappa shape index (κ3) is 2.65. The zero-order valence-corrected chi connectivity index (χ0v) is 10.7. The topological polar surface area (TPSA) is 32.3 Å². The molecule has 0 saturated heterocycles. The highest BCUT2D eigenvalue weighted by Crippen LogP contribution is 2.30. The number of allylic oxidation sites excluding steroid dienone is 1. The van der Waals surface area contributed by atoms with E-state index in [1.54, 1.807) is 6.07 Å². The first kappa shape index (κ1) is 12.5. The molecule has 0 fully saturated rings. The number of phenols is 1. The lowest BCUT2D eigenvalue weighted by Gasteiger charge is -2.16. The van der Waals surface area contributed by atoms with Crippen molar-refractivity contribution in [3.63, 3.8) is 0 Å². The van der Waals surface area contributed by atoms with E-state index < -0.39 is 0 Å². The van der Waals surface area contributed by atoms with Gasteiger partial charge in [-0.3, -0.25) is 0 Å². The summed E-state index contributed by atoms with van der Waals surface area (Å²) in [5.41, 5.74) is 1.07. The second-order valence-corrected chi connectivity index (χ2v) is 4.59. The van der Waals surface area contributed by atoms with Gasteiger partial charge in [-0.25, -0.2) is 0 Å². The molecule has 2 aromatic rings. The van der Waals surface area contributed by atoms with Crippen molar-refractivity contribution < 1.29 is 5.11 Å². The zero-order valence-electron chi connectivity index (χ0n) is 10.7. The van der Waals surface area contributed by atoms with Gasteiger partial charge in [-0.05, 0) is 31.9 Å². The SMILES string of the molecule is C=CCCC(C)Nc1cccc2c(O)cccc12. The van der Waals surface area contributed by atoms with Gasteiger partial charge in [0.25, 0.3) is 0 Å². The van der Waals surface area contributed by atoms with Gasteiger partial charge in [-0.2, -0.15) is 0 Å². The average molecular weight is 241 g/mol. The highest BCUT2D eigenvalue weighted by Gasteiger charge is 2.06. The molecule has 2 N–H and O–H groups in total. The molecule has 0 heterocycles. The number of benzene rings is 2. The lowest BCUT2D eigenvalue weighted by Crippen LogP contribution is -2.14. The largest absolute Gasteiger partial charge is 0.507 e. The Bertz CT molecular complexity index is 548. The van der Waals surface area contributed by atoms with Gasteiger partial charge in [-0.15, -0.1) is 6.58 Å². The lowest BCUT2D eigenvalue weighted by atomic mass is 10.1. The Morgan fingerprint density at radius 1 is 1.22 bits per heavy atom. The van der Waals surface area contributed by atoms with Crippen LogP contribution in [0.5, 0.6) is 5.75 Å². The first-order valence-electron chi connectivity index (χ1n) is 6.30. The number of phenolic OH excluding ortho intramolecular Hbond substituents is 1. The molecule has 0 aliphatic carbocycles. The molecule has 2 heteroatoms. The van der Waals surface area contributed by atoms with Gasteiger partial charge in [0.1, 0.15) is 5.75 Å². The Labute approximate surface area is 108 Å². The summed E-state index contributed by atoms with van der Waals surface area (Å²) in [6.45, 7) is 5.90. The number of nitrogens with one attached hydrogen (secondary N) is 1. The third-order valence-electron chi connectivity index (χ3n) is 3.10. The minimum Gasteiger partial charge on any atom is -0.507 e. The maximum absolute atomic E-state index is 9.83. The van der Waals surface area contributed by atoms with E-state index in [0.29, 0.717) is 11.8 Å². The lowest BCUT2D eigenvalue weighted by molar-refractivity contribution is 0.481. The van der Waals surface area contributed by atoms with Crippen molar-refractivity contribution in [1.29, 1.82) is 0 Å². The highest BCUT2D eigenvalue weighted by molar-refractivity contribution is 5.97. The van der Waals surface area contributed by atoms with Crippen LogP contribution in [0.15, 0.2) is 49.1 Å². The molecular weight excluding hydrogens is 222 g/mol. The van der Waals surface area contributed by atoms with E-state index >= 15 is 0 Å². The van der Waals surface area contributed by atoms with E-state index in [9.17, 15) is 5.11 Å². The van der Waals surface area contributed by atoms with Crippen molar-refractivity contribution in [2.45, 2.75) is 25.8 Å². The highest BCUT2D eigenvalue weighted by atomic mass is 16.3. The first-order valence-corrected chi connectivity index (χ1v) is 6.30. The van der Waals surface area contributed by atoms with Crippen LogP contribution in [-0.4, -0.2) is 11.1 Å². The summed E-state index contributed by atoms with van der Waals surface area (Å²) in [6, 6.07) is 11.9. The summed E-state index contributed by atoms with van der Waals surface area (Å²) >= 11 is 0. The van der Waals surface area contributed by atoms with Crippen LogP contribution in [-0.2, 0) is 0 Å². The van der Waals surface area contributed by atoms with Crippen LogP contribution in [0.2, 0.25) is 0 Å². The molecule has 2 nitrogen and oxygen atoms in total. The molecule has 0 aliphatic rings. The van der Waals surface area contributed by atoms with Crippen molar-refractivity contribution in [2.75, 3.05) is 5.32 Å². The average Bonchev–Trinajstić information content (AvgIpc) is 2.38. The number of anilines is 1. The Kier molecular flexibility index (Phi) is 3.88. The standard InChI is InChI=1S/C16H19NO/c1-3-4-7-12(2)17-15-10-5-9-14-13(15)8-6-11-16(14)18/h3,5-6,8-12,17-18H,1,4,7H2,2H3. The van der Waals surface area contributed by atoms with Crippen molar-refractivity contribution >= 4 is 16.5 Å². The number of aromatic hydroxyl groups is 1. The Balaban J connectivity index is 2.28.